The molecule has 0 fully saturated rings. The standard InChI is InChI=1S/C25H25N5O3S/c1-16(18-9-5-4-6-10-18)26-24(32)20-11-7-8-12-21(20)27-22(31)15-34-25-29-28-23(30(25)3)19-13-14-33-17(19)2/h4-14,16H,15H2,1-3H3,(H,26,32)(H,27,31). The molecule has 0 spiro atoms. The fourth-order valence-corrected chi connectivity index (χ4v) is 4.21. The van der Waals surface area contributed by atoms with Gasteiger partial charge < -0.3 is 19.6 Å². The van der Waals surface area contributed by atoms with Gasteiger partial charge in [0, 0.05) is 7.05 Å². The number of hydrogen-bond donors (Lipinski definition) is 2. The smallest absolute Gasteiger partial charge is 0.253 e. The predicted octanol–water partition coefficient (Wildman–Crippen LogP) is 4.61. The highest BCUT2D eigenvalue weighted by atomic mass is 32.2. The highest BCUT2D eigenvalue weighted by molar-refractivity contribution is 7.99. The maximum absolute atomic E-state index is 12.9. The van der Waals surface area contributed by atoms with Gasteiger partial charge in [-0.2, -0.15) is 0 Å². The summed E-state index contributed by atoms with van der Waals surface area (Å²) in [6, 6.07) is 18.3. The lowest BCUT2D eigenvalue weighted by atomic mass is 10.1. The summed E-state index contributed by atoms with van der Waals surface area (Å²) in [6.45, 7) is 3.78. The number of para-hydroxylation sites is 1. The second-order valence-corrected chi connectivity index (χ2v) is 8.69. The van der Waals surface area contributed by atoms with Crippen LogP contribution in [0.5, 0.6) is 0 Å². The number of carbonyl (C=O) groups excluding carboxylic acids is 2. The molecule has 0 aliphatic heterocycles. The summed E-state index contributed by atoms with van der Waals surface area (Å²) in [5.41, 5.74) is 2.72. The molecular formula is C25H25N5O3S. The number of aromatic nitrogens is 3. The average molecular weight is 476 g/mol. The lowest BCUT2D eigenvalue weighted by Crippen LogP contribution is -2.28. The number of anilines is 1. The minimum atomic E-state index is -0.256. The molecule has 0 aliphatic rings. The van der Waals surface area contributed by atoms with Crippen molar-refractivity contribution in [2.24, 2.45) is 7.05 Å². The minimum Gasteiger partial charge on any atom is -0.469 e. The molecule has 0 aliphatic carbocycles. The Hall–Kier alpha value is -3.85. The molecule has 8 nitrogen and oxygen atoms in total. The topological polar surface area (TPSA) is 102 Å². The van der Waals surface area contributed by atoms with Gasteiger partial charge >= 0.3 is 0 Å². The molecule has 1 atom stereocenters. The van der Waals surface area contributed by atoms with E-state index in [9.17, 15) is 9.59 Å². The first-order chi connectivity index (χ1) is 16.4. The van der Waals surface area contributed by atoms with Crippen molar-refractivity contribution < 1.29 is 14.0 Å². The summed E-state index contributed by atoms with van der Waals surface area (Å²) in [5.74, 6) is 1.04. The molecule has 0 saturated heterocycles. The molecule has 2 amide bonds. The van der Waals surface area contributed by atoms with E-state index in [2.05, 4.69) is 20.8 Å². The van der Waals surface area contributed by atoms with E-state index in [4.69, 9.17) is 4.42 Å². The van der Waals surface area contributed by atoms with Crippen LogP contribution in [-0.2, 0) is 11.8 Å². The summed E-state index contributed by atoms with van der Waals surface area (Å²) in [6.07, 6.45) is 1.60. The van der Waals surface area contributed by atoms with Crippen molar-refractivity contribution in [3.63, 3.8) is 0 Å². The quantitative estimate of drug-likeness (QED) is 0.361. The highest BCUT2D eigenvalue weighted by Crippen LogP contribution is 2.26. The van der Waals surface area contributed by atoms with Crippen molar-refractivity contribution in [3.8, 4) is 11.4 Å². The molecule has 4 aromatic rings. The second kappa shape index (κ2) is 10.4. The van der Waals surface area contributed by atoms with Crippen LogP contribution in [-0.4, -0.2) is 32.3 Å². The van der Waals surface area contributed by atoms with Crippen LogP contribution in [0.15, 0.2) is 76.5 Å². The van der Waals surface area contributed by atoms with E-state index >= 15 is 0 Å². The Kier molecular flexibility index (Phi) is 7.12. The molecule has 34 heavy (non-hydrogen) atoms. The summed E-state index contributed by atoms with van der Waals surface area (Å²) < 4.78 is 7.16. The summed E-state index contributed by atoms with van der Waals surface area (Å²) in [7, 11) is 1.84. The van der Waals surface area contributed by atoms with Crippen LogP contribution in [0.2, 0.25) is 0 Å². The zero-order valence-corrected chi connectivity index (χ0v) is 19.9. The largest absolute Gasteiger partial charge is 0.469 e. The zero-order chi connectivity index (χ0) is 24.1. The van der Waals surface area contributed by atoms with Gasteiger partial charge in [-0.3, -0.25) is 9.59 Å². The van der Waals surface area contributed by atoms with Gasteiger partial charge in [0.1, 0.15) is 5.76 Å². The average Bonchev–Trinajstić information content (AvgIpc) is 3.43. The van der Waals surface area contributed by atoms with Crippen molar-refractivity contribution in [3.05, 3.63) is 83.8 Å². The van der Waals surface area contributed by atoms with Crippen molar-refractivity contribution in [1.82, 2.24) is 20.1 Å². The second-order valence-electron chi connectivity index (χ2n) is 7.74. The summed E-state index contributed by atoms with van der Waals surface area (Å²) >= 11 is 1.27. The van der Waals surface area contributed by atoms with Crippen LogP contribution in [0.25, 0.3) is 11.4 Å². The SMILES string of the molecule is Cc1occc1-c1nnc(SCC(=O)Nc2ccccc2C(=O)NC(C)c2ccccc2)n1C. The van der Waals surface area contributed by atoms with Crippen LogP contribution in [0.4, 0.5) is 5.69 Å². The fraction of sp³-hybridized carbons (Fsp3) is 0.200. The van der Waals surface area contributed by atoms with Gasteiger partial charge in [0.05, 0.1) is 34.9 Å². The van der Waals surface area contributed by atoms with E-state index in [-0.39, 0.29) is 23.6 Å². The Morgan fingerprint density at radius 3 is 2.53 bits per heavy atom. The van der Waals surface area contributed by atoms with Crippen molar-refractivity contribution in [1.29, 1.82) is 0 Å². The molecule has 0 saturated carbocycles. The number of thioether (sulfide) groups is 1. The van der Waals surface area contributed by atoms with Gasteiger partial charge in [0.15, 0.2) is 11.0 Å². The van der Waals surface area contributed by atoms with E-state index in [0.717, 1.165) is 16.9 Å². The molecule has 174 valence electrons. The van der Waals surface area contributed by atoms with E-state index in [1.54, 1.807) is 30.5 Å². The molecule has 2 N–H and O–H groups in total. The van der Waals surface area contributed by atoms with Gasteiger partial charge in [0.25, 0.3) is 5.91 Å². The number of benzene rings is 2. The fourth-order valence-electron chi connectivity index (χ4n) is 3.50. The number of amides is 2. The first-order valence-corrected chi connectivity index (χ1v) is 11.7. The first-order valence-electron chi connectivity index (χ1n) is 10.8. The van der Waals surface area contributed by atoms with Crippen LogP contribution in [0, 0.1) is 6.92 Å². The minimum absolute atomic E-state index is 0.118. The number of aryl methyl sites for hydroxylation is 1. The van der Waals surface area contributed by atoms with E-state index in [1.807, 2.05) is 61.9 Å². The lowest BCUT2D eigenvalue weighted by molar-refractivity contribution is -0.113. The molecular weight excluding hydrogens is 450 g/mol. The molecule has 0 radical (unpaired) electrons. The number of hydrogen-bond acceptors (Lipinski definition) is 6. The summed E-state index contributed by atoms with van der Waals surface area (Å²) in [4.78, 5) is 25.6. The third-order valence-corrected chi connectivity index (χ3v) is 6.38. The Morgan fingerprint density at radius 1 is 1.06 bits per heavy atom. The van der Waals surface area contributed by atoms with Crippen molar-refractivity contribution in [2.75, 3.05) is 11.1 Å². The third kappa shape index (κ3) is 5.20. The maximum Gasteiger partial charge on any atom is 0.253 e. The number of nitrogens with zero attached hydrogens (tertiary/aromatic N) is 3. The number of furan rings is 1. The molecule has 2 heterocycles. The van der Waals surface area contributed by atoms with Crippen molar-refractivity contribution in [2.45, 2.75) is 25.0 Å². The molecule has 0 bridgehead atoms. The van der Waals surface area contributed by atoms with Crippen LogP contribution in [0.1, 0.15) is 34.6 Å². The Balaban J connectivity index is 1.39. The molecule has 9 heteroatoms. The normalized spacial score (nSPS) is 11.7. The van der Waals surface area contributed by atoms with Crippen LogP contribution < -0.4 is 10.6 Å². The molecule has 4 rings (SSSR count). The zero-order valence-electron chi connectivity index (χ0n) is 19.1. The first kappa shape index (κ1) is 23.3. The highest BCUT2D eigenvalue weighted by Gasteiger charge is 2.18. The maximum atomic E-state index is 12.9. The van der Waals surface area contributed by atoms with Crippen LogP contribution in [0.3, 0.4) is 0 Å². The van der Waals surface area contributed by atoms with Crippen molar-refractivity contribution >= 4 is 29.3 Å². The lowest BCUT2D eigenvalue weighted by Gasteiger charge is -2.16. The monoisotopic (exact) mass is 475 g/mol. The van der Waals surface area contributed by atoms with Crippen LogP contribution >= 0.6 is 11.8 Å². The molecule has 2 aromatic carbocycles. The van der Waals surface area contributed by atoms with E-state index in [1.165, 1.54) is 11.8 Å². The van der Waals surface area contributed by atoms with Gasteiger partial charge in [-0.25, -0.2) is 0 Å². The number of nitrogens with one attached hydrogen (secondary N) is 2. The summed E-state index contributed by atoms with van der Waals surface area (Å²) in [5, 5.41) is 14.8. The van der Waals surface area contributed by atoms with Gasteiger partial charge in [0.2, 0.25) is 5.91 Å². The Morgan fingerprint density at radius 2 is 1.79 bits per heavy atom. The molecule has 1 unspecified atom stereocenters. The predicted molar refractivity (Wildman–Crippen MR) is 132 cm³/mol. The molecule has 2 aromatic heterocycles. The van der Waals surface area contributed by atoms with E-state index in [0.29, 0.717) is 22.2 Å². The van der Waals surface area contributed by atoms with E-state index < -0.39 is 0 Å². The van der Waals surface area contributed by atoms with Gasteiger partial charge in [-0.05, 0) is 37.6 Å². The number of carbonyl (C=O) groups is 2. The number of rotatable bonds is 8. The van der Waals surface area contributed by atoms with Gasteiger partial charge in [-0.1, -0.05) is 54.2 Å². The Labute approximate surface area is 201 Å². The third-order valence-electron chi connectivity index (χ3n) is 5.36. The Bertz CT molecular complexity index is 1300. The van der Waals surface area contributed by atoms with Gasteiger partial charge in [-0.15, -0.1) is 10.2 Å².